The number of nitrogens with zero attached hydrogens (tertiary/aromatic N) is 6. The number of carboxylic acid groups (broad SMARTS) is 6. The van der Waals surface area contributed by atoms with Gasteiger partial charge in [-0.2, -0.15) is 0 Å². The predicted octanol–water partition coefficient (Wildman–Crippen LogP) is 29.7. The molecule has 18 rings (SSSR count). The van der Waals surface area contributed by atoms with Gasteiger partial charge in [-0.25, -0.2) is 13.2 Å². The molecule has 6 heterocycles. The molecule has 18 aromatic rings. The zero-order valence-corrected chi connectivity index (χ0v) is 84.2. The van der Waals surface area contributed by atoms with E-state index < -0.39 is 66.3 Å². The third-order valence-electron chi connectivity index (χ3n) is 22.8. The molecule has 0 bridgehead atoms. The van der Waals surface area contributed by atoms with E-state index >= 15 is 0 Å². The first-order valence-electron chi connectivity index (χ1n) is 45.2. The van der Waals surface area contributed by atoms with Crippen molar-refractivity contribution in [1.82, 2.24) is 29.9 Å². The first-order chi connectivity index (χ1) is 68.0. The molecule has 0 radical (unpaired) electrons. The highest BCUT2D eigenvalue weighted by Crippen LogP contribution is 2.44. The van der Waals surface area contributed by atoms with Crippen molar-refractivity contribution in [3.8, 4) is 66.8 Å². The Hall–Kier alpha value is -14.2. The number of fused-ring (bicyclic) bond motifs is 6. The molecule has 0 fully saturated rings. The van der Waals surface area contributed by atoms with E-state index in [0.29, 0.717) is 12.8 Å². The van der Waals surface area contributed by atoms with Crippen molar-refractivity contribution in [2.24, 2.45) is 0 Å². The largest absolute Gasteiger partial charge is 0.480 e. The van der Waals surface area contributed by atoms with Gasteiger partial charge < -0.3 is 30.6 Å². The average molecular weight is 2010 g/mol. The number of aryl methyl sites for hydroxylation is 3. The summed E-state index contributed by atoms with van der Waals surface area (Å²) in [7, 11) is 0. The van der Waals surface area contributed by atoms with E-state index in [-0.39, 0.29) is 17.5 Å². The van der Waals surface area contributed by atoms with Crippen LogP contribution in [0.2, 0.25) is 0 Å². The number of hydrogen-bond acceptors (Lipinski definition) is 18. The molecular formula is C115H101F3N6O12S6. The van der Waals surface area contributed by atoms with E-state index in [1.165, 1.54) is 124 Å². The summed E-state index contributed by atoms with van der Waals surface area (Å²) in [5, 5.41) is 59.3. The first kappa shape index (κ1) is 105. The standard InChI is InChI=1S/2C20H19NO2S.2C19H16FNO2S.C19H17NO2S.C18H14FNO2S/c1-13-4-6-14(7-5-13)15-8-9-17-16(12-15)18(10-11-21-17)24-20(2,3)19(22)23;1-3-18(20(22)23)24-19-10-11-21-17-9-8-15(12-16(17)19)14-6-4-13(2)5-7-14;1-19(2,18(22)23)24-17-9-10-21-16-8-5-13(11-15(16)17)12-3-6-14(20)7-4-12;1-2-17(19(22)23)24-18-9-10-21-16-8-5-13(11-15(16)18)12-3-6-14(20)7-4-12;1-12-3-5-14(6-4-12)15-7-8-17-16(11-15)18(9-10-20-17)23-13(2)19(21)22;1-11(18(21)22)23-17-8-9-20-16-7-4-13(10-15(16)17)12-2-5-14(19)6-3-12/h4-12H,1-3H3,(H,22,23);4-12,18H,3H2,1-2H3,(H,22,23);3-11H,1-2H3,(H,22,23);3-11,17H,2H2,1H3,(H,22,23);3-11,13H,1-2H3,(H,21,22);2-11H,1H3,(H,21,22). The molecule has 18 nitrogen and oxygen atoms in total. The Morgan fingerprint density at radius 2 is 0.444 bits per heavy atom. The zero-order valence-electron chi connectivity index (χ0n) is 79.3. The molecule has 4 atom stereocenters. The molecule has 12 aromatic carbocycles. The van der Waals surface area contributed by atoms with Gasteiger partial charge in [0.25, 0.3) is 0 Å². The maximum Gasteiger partial charge on any atom is 0.319 e. The molecule has 4 unspecified atom stereocenters. The molecule has 142 heavy (non-hydrogen) atoms. The summed E-state index contributed by atoms with van der Waals surface area (Å²) in [6.45, 7) is 20.1. The molecule has 0 aliphatic rings. The number of halogens is 3. The Kier molecular flexibility index (Phi) is 35.8. The lowest BCUT2D eigenvalue weighted by Gasteiger charge is -2.19. The SMILES string of the molecule is CC(C)(Sc1ccnc2ccc(-c3ccc(F)cc3)cc12)C(=O)O.CC(Sc1ccnc2ccc(-c3ccc(F)cc3)cc12)C(=O)O.CCC(Sc1ccnc2ccc(-c3ccc(C)cc3)cc12)C(=O)O.CCC(Sc1ccnc2ccc(-c3ccc(F)cc3)cc12)C(=O)O.Cc1ccc(-c2ccc3nccc(SC(C)(C)C(=O)O)c3c2)cc1.Cc1ccc(-c2ccc3nccc(SC(C)C(=O)O)c3c2)cc1. The summed E-state index contributed by atoms with van der Waals surface area (Å²) in [5.41, 5.74) is 21.0. The van der Waals surface area contributed by atoms with Crippen molar-refractivity contribution < 1.29 is 72.6 Å². The summed E-state index contributed by atoms with van der Waals surface area (Å²) < 4.78 is 37.5. The number of carboxylic acids is 6. The highest BCUT2D eigenvalue weighted by atomic mass is 32.2. The van der Waals surface area contributed by atoms with Crippen molar-refractivity contribution in [1.29, 1.82) is 0 Å². The van der Waals surface area contributed by atoms with Gasteiger partial charge in [-0.15, -0.1) is 70.6 Å². The van der Waals surface area contributed by atoms with Crippen LogP contribution >= 0.6 is 70.6 Å². The van der Waals surface area contributed by atoms with E-state index in [2.05, 4.69) is 160 Å². The number of rotatable bonds is 26. The molecule has 0 aliphatic heterocycles. The number of hydrogen-bond donors (Lipinski definition) is 6. The van der Waals surface area contributed by atoms with Crippen molar-refractivity contribution in [2.45, 2.75) is 149 Å². The van der Waals surface area contributed by atoms with Crippen LogP contribution < -0.4 is 0 Å². The number of benzene rings is 12. The lowest BCUT2D eigenvalue weighted by atomic mass is 10.0. The molecular weight excluding hydrogens is 1910 g/mol. The smallest absolute Gasteiger partial charge is 0.319 e. The molecule has 0 aliphatic carbocycles. The normalized spacial score (nSPS) is 12.0. The van der Waals surface area contributed by atoms with Gasteiger partial charge in [-0.3, -0.25) is 58.7 Å². The second kappa shape index (κ2) is 48.3. The van der Waals surface area contributed by atoms with Gasteiger partial charge in [0.15, 0.2) is 0 Å². The van der Waals surface area contributed by atoms with Gasteiger partial charge in [0.2, 0.25) is 0 Å². The maximum atomic E-state index is 13.1. The fourth-order valence-electron chi connectivity index (χ4n) is 14.6. The summed E-state index contributed by atoms with van der Waals surface area (Å²) in [5.74, 6) is -5.78. The van der Waals surface area contributed by atoms with Crippen LogP contribution in [0.15, 0.2) is 358 Å². The molecule has 0 spiro atoms. The van der Waals surface area contributed by atoms with Gasteiger partial charge in [0.1, 0.15) is 47.9 Å². The topological polar surface area (TPSA) is 301 Å². The van der Waals surface area contributed by atoms with Gasteiger partial charge >= 0.3 is 35.8 Å². The Labute approximate surface area is 846 Å². The highest BCUT2D eigenvalue weighted by Gasteiger charge is 2.32. The van der Waals surface area contributed by atoms with Gasteiger partial charge in [0, 0.05) is 98.9 Å². The van der Waals surface area contributed by atoms with Crippen molar-refractivity contribution in [3.05, 3.63) is 363 Å². The van der Waals surface area contributed by atoms with Crippen LogP contribution in [0.4, 0.5) is 13.2 Å². The zero-order chi connectivity index (χ0) is 102. The minimum absolute atomic E-state index is 0.273. The molecule has 27 heteroatoms. The first-order valence-corrected chi connectivity index (χ1v) is 50.4. The van der Waals surface area contributed by atoms with Crippen LogP contribution in [-0.4, -0.2) is 127 Å². The fraction of sp³-hybridized carbons (Fsp3) is 0.165. The second-order valence-corrected chi connectivity index (χ2v) is 42.7. The molecule has 6 aromatic heterocycles. The van der Waals surface area contributed by atoms with Crippen molar-refractivity contribution in [2.75, 3.05) is 0 Å². The fourth-order valence-corrected chi connectivity index (χ4v) is 20.5. The van der Waals surface area contributed by atoms with Crippen LogP contribution in [0.5, 0.6) is 0 Å². The van der Waals surface area contributed by atoms with Gasteiger partial charge in [-0.1, -0.05) is 176 Å². The monoisotopic (exact) mass is 2010 g/mol. The summed E-state index contributed by atoms with van der Waals surface area (Å²) in [6.07, 6.45) is 11.4. The molecule has 6 N–H and O–H groups in total. The van der Waals surface area contributed by atoms with Crippen LogP contribution in [-0.2, 0) is 28.8 Å². The second-order valence-electron chi connectivity index (χ2n) is 34.1. The number of aliphatic carboxylic acids is 6. The highest BCUT2D eigenvalue weighted by molar-refractivity contribution is 8.02. The quantitative estimate of drug-likeness (QED) is 0.0274. The summed E-state index contributed by atoms with van der Waals surface area (Å²) in [4.78, 5) is 99.4. The average Bonchev–Trinajstić information content (AvgIpc) is 0.790. The lowest BCUT2D eigenvalue weighted by Crippen LogP contribution is -2.26. The van der Waals surface area contributed by atoms with Gasteiger partial charge in [0.05, 0.1) is 33.1 Å². The minimum Gasteiger partial charge on any atom is -0.480 e. The molecule has 0 amide bonds. The number of carbonyl (C=O) groups is 6. The number of pyridine rings is 6. The molecule has 0 saturated carbocycles. The Bertz CT molecular complexity index is 7160. The van der Waals surface area contributed by atoms with Crippen LogP contribution in [0.3, 0.4) is 0 Å². The Morgan fingerprint density at radius 1 is 0.261 bits per heavy atom. The molecule has 720 valence electrons. The number of aromatic nitrogens is 6. The van der Waals surface area contributed by atoms with Crippen LogP contribution in [0.1, 0.15) is 84.9 Å². The van der Waals surface area contributed by atoms with E-state index in [1.54, 1.807) is 115 Å². The third kappa shape index (κ3) is 27.7. The maximum absolute atomic E-state index is 13.1. The van der Waals surface area contributed by atoms with Crippen LogP contribution in [0, 0.1) is 38.2 Å². The summed E-state index contributed by atoms with van der Waals surface area (Å²) >= 11 is 8.00. The minimum atomic E-state index is -0.944. The van der Waals surface area contributed by atoms with Crippen molar-refractivity contribution in [3.63, 3.8) is 0 Å². The van der Waals surface area contributed by atoms with E-state index in [0.717, 1.165) is 162 Å². The van der Waals surface area contributed by atoms with E-state index in [4.69, 9.17) is 10.2 Å². The predicted molar refractivity (Wildman–Crippen MR) is 573 cm³/mol. The van der Waals surface area contributed by atoms with E-state index in [1.807, 2.05) is 123 Å². The third-order valence-corrected chi connectivity index (χ3v) is 30.5. The Balaban J connectivity index is 0.000000143. The van der Waals surface area contributed by atoms with Crippen LogP contribution in [0.25, 0.3) is 132 Å². The number of thioether (sulfide) groups is 6. The lowest BCUT2D eigenvalue weighted by molar-refractivity contribution is -0.139. The summed E-state index contributed by atoms with van der Waals surface area (Å²) in [6, 6.07) is 91.0. The van der Waals surface area contributed by atoms with Crippen molar-refractivity contribution >= 4 is 172 Å². The Morgan fingerprint density at radius 3 is 0.634 bits per heavy atom. The molecule has 0 saturated heterocycles. The van der Waals surface area contributed by atoms with E-state index in [9.17, 15) is 62.4 Å². The van der Waals surface area contributed by atoms with Gasteiger partial charge in [-0.05, 0) is 288 Å².